The minimum atomic E-state index is -0.321. The smallest absolute Gasteiger partial charge is 0.274 e. The molecule has 0 radical (unpaired) electrons. The molecule has 2 N–H and O–H groups in total. The molecule has 0 atom stereocenters. The zero-order valence-electron chi connectivity index (χ0n) is 16.8. The van der Waals surface area contributed by atoms with E-state index >= 15 is 0 Å². The molecule has 0 unspecified atom stereocenters. The first-order valence-electron chi connectivity index (χ1n) is 9.01. The molecule has 0 saturated heterocycles. The molecule has 1 amide bonds. The van der Waals surface area contributed by atoms with Gasteiger partial charge in [0.05, 0.1) is 12.8 Å². The molecule has 0 aliphatic heterocycles. The summed E-state index contributed by atoms with van der Waals surface area (Å²) in [6.45, 7) is 7.79. The number of carbonyl (C=O) groups excluding carboxylic acids is 1. The van der Waals surface area contributed by atoms with Gasteiger partial charge in [-0.15, -0.1) is 0 Å². The van der Waals surface area contributed by atoms with Crippen LogP contribution < -0.4 is 15.4 Å². The maximum atomic E-state index is 12.8. The molecule has 0 saturated carbocycles. The molecule has 1 heterocycles. The monoisotopic (exact) mass is 376 g/mol. The second-order valence-corrected chi connectivity index (χ2v) is 6.79. The Morgan fingerprint density at radius 2 is 1.61 bits per heavy atom. The molecule has 3 aromatic rings. The zero-order valence-corrected chi connectivity index (χ0v) is 16.8. The van der Waals surface area contributed by atoms with E-state index in [2.05, 4.69) is 26.7 Å². The van der Waals surface area contributed by atoms with Gasteiger partial charge in [0, 0.05) is 11.8 Å². The van der Waals surface area contributed by atoms with Crippen molar-refractivity contribution in [3.05, 3.63) is 70.7 Å². The predicted octanol–water partition coefficient (Wildman–Crippen LogP) is 4.71. The lowest BCUT2D eigenvalue weighted by atomic mass is 10.1. The Balaban J connectivity index is 1.86. The number of amides is 1. The van der Waals surface area contributed by atoms with Crippen LogP contribution >= 0.6 is 0 Å². The molecule has 6 heteroatoms. The summed E-state index contributed by atoms with van der Waals surface area (Å²) in [6.07, 6.45) is 0. The Hall–Kier alpha value is -3.41. The lowest BCUT2D eigenvalue weighted by Gasteiger charge is -2.13. The Bertz CT molecular complexity index is 1030. The number of rotatable bonds is 5. The third-order valence-corrected chi connectivity index (χ3v) is 4.32. The van der Waals surface area contributed by atoms with Gasteiger partial charge in [-0.2, -0.15) is 0 Å². The quantitative estimate of drug-likeness (QED) is 0.674. The number of aryl methyl sites for hydroxylation is 4. The summed E-state index contributed by atoms with van der Waals surface area (Å²) in [5.41, 5.74) is 5.14. The number of nitrogens with zero attached hydrogens (tertiary/aromatic N) is 2. The molecular weight excluding hydrogens is 352 g/mol. The molecular formula is C22H24N4O2. The van der Waals surface area contributed by atoms with E-state index in [4.69, 9.17) is 4.74 Å². The number of hydrogen-bond donors (Lipinski definition) is 2. The van der Waals surface area contributed by atoms with Gasteiger partial charge >= 0.3 is 0 Å². The second-order valence-electron chi connectivity index (χ2n) is 6.79. The van der Waals surface area contributed by atoms with Gasteiger partial charge in [-0.3, -0.25) is 4.79 Å². The normalized spacial score (nSPS) is 10.5. The lowest BCUT2D eigenvalue weighted by molar-refractivity contribution is 0.102. The minimum absolute atomic E-state index is 0.281. The highest BCUT2D eigenvalue weighted by Gasteiger charge is 2.14. The highest BCUT2D eigenvalue weighted by molar-refractivity contribution is 6.04. The summed E-state index contributed by atoms with van der Waals surface area (Å²) in [6, 6.07) is 13.4. The number of carbonyl (C=O) groups is 1. The number of hydrogen-bond acceptors (Lipinski definition) is 5. The van der Waals surface area contributed by atoms with Gasteiger partial charge in [-0.05, 0) is 57.0 Å². The van der Waals surface area contributed by atoms with Crippen LogP contribution in [0.1, 0.15) is 33.0 Å². The van der Waals surface area contributed by atoms with Crippen LogP contribution in [-0.4, -0.2) is 23.0 Å². The fourth-order valence-electron chi connectivity index (χ4n) is 2.95. The van der Waals surface area contributed by atoms with Crippen molar-refractivity contribution in [1.29, 1.82) is 0 Å². The minimum Gasteiger partial charge on any atom is -0.495 e. The van der Waals surface area contributed by atoms with Gasteiger partial charge in [0.25, 0.3) is 5.91 Å². The largest absolute Gasteiger partial charge is 0.495 e. The van der Waals surface area contributed by atoms with Crippen LogP contribution in [0.2, 0.25) is 0 Å². The van der Waals surface area contributed by atoms with Crippen molar-refractivity contribution in [3.63, 3.8) is 0 Å². The van der Waals surface area contributed by atoms with Crippen molar-refractivity contribution in [2.75, 3.05) is 17.7 Å². The second kappa shape index (κ2) is 8.08. The first-order valence-corrected chi connectivity index (χ1v) is 9.01. The number of anilines is 3. The summed E-state index contributed by atoms with van der Waals surface area (Å²) in [5, 5.41) is 6.15. The highest BCUT2D eigenvalue weighted by atomic mass is 16.5. The maximum Gasteiger partial charge on any atom is 0.274 e. The molecule has 0 spiro atoms. The molecule has 3 rings (SSSR count). The third kappa shape index (κ3) is 4.46. The van der Waals surface area contributed by atoms with Crippen LogP contribution in [0, 0.1) is 27.7 Å². The van der Waals surface area contributed by atoms with Crippen molar-refractivity contribution in [3.8, 4) is 5.75 Å². The summed E-state index contributed by atoms with van der Waals surface area (Å²) in [7, 11) is 1.57. The molecule has 1 aromatic heterocycles. The van der Waals surface area contributed by atoms with E-state index in [1.165, 1.54) is 5.56 Å². The van der Waals surface area contributed by atoms with Gasteiger partial charge in [0.15, 0.2) is 0 Å². The predicted molar refractivity (Wildman–Crippen MR) is 112 cm³/mol. The van der Waals surface area contributed by atoms with Crippen molar-refractivity contribution < 1.29 is 9.53 Å². The third-order valence-electron chi connectivity index (χ3n) is 4.32. The maximum absolute atomic E-state index is 12.8. The number of nitrogens with one attached hydrogen (secondary N) is 2. The number of ether oxygens (including phenoxy) is 1. The summed E-state index contributed by atoms with van der Waals surface area (Å²) in [4.78, 5) is 21.5. The number of benzene rings is 2. The molecule has 0 aliphatic rings. The van der Waals surface area contributed by atoms with E-state index in [1.54, 1.807) is 20.1 Å². The SMILES string of the molecule is COc1ccc(C)cc1NC(=O)c1cc(Nc2ccc(C)cc2C)nc(C)n1. The topological polar surface area (TPSA) is 76.1 Å². The molecule has 2 aromatic carbocycles. The average Bonchev–Trinajstić information content (AvgIpc) is 2.64. The Kier molecular flexibility index (Phi) is 5.59. The first kappa shape index (κ1) is 19.4. The molecule has 28 heavy (non-hydrogen) atoms. The van der Waals surface area contributed by atoms with E-state index in [0.29, 0.717) is 23.1 Å². The molecule has 144 valence electrons. The number of aromatic nitrogens is 2. The van der Waals surface area contributed by atoms with E-state index in [1.807, 2.05) is 51.1 Å². The van der Waals surface area contributed by atoms with Crippen molar-refractivity contribution in [2.45, 2.75) is 27.7 Å². The Morgan fingerprint density at radius 1 is 0.893 bits per heavy atom. The van der Waals surface area contributed by atoms with Gasteiger partial charge < -0.3 is 15.4 Å². The first-order chi connectivity index (χ1) is 13.4. The van der Waals surface area contributed by atoms with Crippen LogP contribution in [-0.2, 0) is 0 Å². The average molecular weight is 376 g/mol. The Labute approximate surface area is 165 Å². The standard InChI is InChI=1S/C22H24N4O2/c1-13-6-8-17(15(3)10-13)25-21-12-19(23-16(4)24-21)22(27)26-18-11-14(2)7-9-20(18)28-5/h6-12H,1-5H3,(H,26,27)(H,23,24,25). The molecule has 0 bridgehead atoms. The van der Waals surface area contributed by atoms with Crippen molar-refractivity contribution in [2.24, 2.45) is 0 Å². The summed E-state index contributed by atoms with van der Waals surface area (Å²) >= 11 is 0. The van der Waals surface area contributed by atoms with Crippen LogP contribution in [0.15, 0.2) is 42.5 Å². The fourth-order valence-corrected chi connectivity index (χ4v) is 2.95. The van der Waals surface area contributed by atoms with Gasteiger partial charge in [-0.1, -0.05) is 23.8 Å². The Morgan fingerprint density at radius 3 is 2.32 bits per heavy atom. The zero-order chi connectivity index (χ0) is 20.3. The highest BCUT2D eigenvalue weighted by Crippen LogP contribution is 2.26. The lowest BCUT2D eigenvalue weighted by Crippen LogP contribution is -2.16. The van der Waals surface area contributed by atoms with Gasteiger partial charge in [0.1, 0.15) is 23.1 Å². The van der Waals surface area contributed by atoms with E-state index in [0.717, 1.165) is 16.8 Å². The van der Waals surface area contributed by atoms with Gasteiger partial charge in [0.2, 0.25) is 0 Å². The molecule has 6 nitrogen and oxygen atoms in total. The van der Waals surface area contributed by atoms with Crippen LogP contribution in [0.3, 0.4) is 0 Å². The van der Waals surface area contributed by atoms with Crippen molar-refractivity contribution in [1.82, 2.24) is 9.97 Å². The van der Waals surface area contributed by atoms with E-state index in [-0.39, 0.29) is 11.6 Å². The summed E-state index contributed by atoms with van der Waals surface area (Å²) in [5.74, 6) is 1.35. The summed E-state index contributed by atoms with van der Waals surface area (Å²) < 4.78 is 5.33. The van der Waals surface area contributed by atoms with E-state index < -0.39 is 0 Å². The molecule has 0 fully saturated rings. The van der Waals surface area contributed by atoms with Crippen LogP contribution in [0.5, 0.6) is 5.75 Å². The molecule has 0 aliphatic carbocycles. The number of methoxy groups -OCH3 is 1. The fraction of sp³-hybridized carbons (Fsp3) is 0.227. The van der Waals surface area contributed by atoms with Crippen LogP contribution in [0.4, 0.5) is 17.2 Å². The van der Waals surface area contributed by atoms with Crippen molar-refractivity contribution >= 4 is 23.1 Å². The van der Waals surface area contributed by atoms with Gasteiger partial charge in [-0.25, -0.2) is 9.97 Å². The van der Waals surface area contributed by atoms with E-state index in [9.17, 15) is 4.79 Å². The van der Waals surface area contributed by atoms with Crippen LogP contribution in [0.25, 0.3) is 0 Å².